The van der Waals surface area contributed by atoms with Gasteiger partial charge in [-0.3, -0.25) is 0 Å². The van der Waals surface area contributed by atoms with Crippen LogP contribution in [0.3, 0.4) is 0 Å². The second kappa shape index (κ2) is 5.89. The van der Waals surface area contributed by atoms with Gasteiger partial charge in [-0.15, -0.1) is 0 Å². The van der Waals surface area contributed by atoms with Gasteiger partial charge in [0.05, 0.1) is 0 Å². The normalized spacial score (nSPS) is 18.9. The van der Waals surface area contributed by atoms with Crippen molar-refractivity contribution in [3.8, 4) is 0 Å². The molecule has 0 aromatic carbocycles. The number of carboxylic acid groups (broad SMARTS) is 1. The summed E-state index contributed by atoms with van der Waals surface area (Å²) in [5.74, 6) is -0.989. The number of carbonyl (C=O) groups excluding carboxylic acids is 1. The Morgan fingerprint density at radius 3 is 2.35 bits per heavy atom. The number of amides is 2. The van der Waals surface area contributed by atoms with Crippen LogP contribution in [0.1, 0.15) is 46.0 Å². The Hall–Kier alpha value is -1.26. The fourth-order valence-electron chi connectivity index (χ4n) is 2.15. The third-order valence-electron chi connectivity index (χ3n) is 3.80. The van der Waals surface area contributed by atoms with Crippen molar-refractivity contribution >= 4 is 12.0 Å². The van der Waals surface area contributed by atoms with Crippen molar-refractivity contribution in [2.75, 3.05) is 6.54 Å². The minimum absolute atomic E-state index is 0.252. The molecule has 1 fully saturated rings. The maximum Gasteiger partial charge on any atom is 0.326 e. The molecule has 3 N–H and O–H groups in total. The Labute approximate surface area is 102 Å². The van der Waals surface area contributed by atoms with Gasteiger partial charge in [-0.2, -0.15) is 0 Å². The summed E-state index contributed by atoms with van der Waals surface area (Å²) in [7, 11) is 0. The number of hydrogen-bond donors (Lipinski definition) is 3. The van der Waals surface area contributed by atoms with E-state index in [-0.39, 0.29) is 11.4 Å². The molecule has 0 radical (unpaired) electrons. The molecule has 0 saturated heterocycles. The lowest BCUT2D eigenvalue weighted by Gasteiger charge is -2.41. The molecule has 2 amide bonds. The average Bonchev–Trinajstić information content (AvgIpc) is 2.24. The summed E-state index contributed by atoms with van der Waals surface area (Å²) in [6, 6.07) is -1.17. The molecule has 0 heterocycles. The predicted octanol–water partition coefficient (Wildman–Crippen LogP) is 1.73. The zero-order valence-corrected chi connectivity index (χ0v) is 10.6. The first-order valence-corrected chi connectivity index (χ1v) is 6.30. The van der Waals surface area contributed by atoms with E-state index in [4.69, 9.17) is 5.11 Å². The van der Waals surface area contributed by atoms with Gasteiger partial charge in [0.2, 0.25) is 0 Å². The van der Waals surface area contributed by atoms with E-state index < -0.39 is 12.0 Å². The van der Waals surface area contributed by atoms with Crippen molar-refractivity contribution in [3.63, 3.8) is 0 Å². The SMILES string of the molecule is CC[C@H](NC(=O)NCC1(CC)CCC1)C(=O)O. The quantitative estimate of drug-likeness (QED) is 0.663. The molecule has 0 aromatic heterocycles. The van der Waals surface area contributed by atoms with Gasteiger partial charge in [0.1, 0.15) is 6.04 Å². The van der Waals surface area contributed by atoms with Crippen LogP contribution in [0.4, 0.5) is 4.79 Å². The van der Waals surface area contributed by atoms with E-state index in [1.54, 1.807) is 6.92 Å². The molecule has 5 heteroatoms. The van der Waals surface area contributed by atoms with E-state index in [0.717, 1.165) is 19.3 Å². The topological polar surface area (TPSA) is 78.4 Å². The number of carboxylic acids is 1. The van der Waals surface area contributed by atoms with Crippen molar-refractivity contribution in [2.45, 2.75) is 52.0 Å². The maximum atomic E-state index is 11.5. The van der Waals surface area contributed by atoms with Crippen LogP contribution >= 0.6 is 0 Å². The van der Waals surface area contributed by atoms with Crippen molar-refractivity contribution in [1.82, 2.24) is 10.6 Å². The summed E-state index contributed by atoms with van der Waals surface area (Å²) in [4.78, 5) is 22.3. The van der Waals surface area contributed by atoms with E-state index in [1.807, 2.05) is 0 Å². The number of aliphatic carboxylic acids is 1. The number of carbonyl (C=O) groups is 2. The first-order chi connectivity index (χ1) is 8.03. The minimum Gasteiger partial charge on any atom is -0.480 e. The molecule has 17 heavy (non-hydrogen) atoms. The van der Waals surface area contributed by atoms with Crippen LogP contribution in [0.5, 0.6) is 0 Å². The number of nitrogens with one attached hydrogen (secondary N) is 2. The second-order valence-electron chi connectivity index (χ2n) is 4.83. The van der Waals surface area contributed by atoms with Gasteiger partial charge in [-0.05, 0) is 31.1 Å². The summed E-state index contributed by atoms with van der Waals surface area (Å²) < 4.78 is 0. The predicted molar refractivity (Wildman–Crippen MR) is 64.8 cm³/mol. The monoisotopic (exact) mass is 242 g/mol. The van der Waals surface area contributed by atoms with E-state index in [0.29, 0.717) is 13.0 Å². The third-order valence-corrected chi connectivity index (χ3v) is 3.80. The molecule has 98 valence electrons. The Kier molecular flexibility index (Phi) is 4.78. The van der Waals surface area contributed by atoms with E-state index in [9.17, 15) is 9.59 Å². The molecule has 0 aliphatic heterocycles. The highest BCUT2D eigenvalue weighted by Crippen LogP contribution is 2.42. The van der Waals surface area contributed by atoms with Crippen LogP contribution in [0.2, 0.25) is 0 Å². The maximum absolute atomic E-state index is 11.5. The van der Waals surface area contributed by atoms with Crippen LogP contribution in [0, 0.1) is 5.41 Å². The summed E-state index contributed by atoms with van der Waals surface area (Å²) in [6.45, 7) is 4.51. The van der Waals surface area contributed by atoms with Crippen LogP contribution < -0.4 is 10.6 Å². The highest BCUT2D eigenvalue weighted by Gasteiger charge is 2.35. The lowest BCUT2D eigenvalue weighted by Crippen LogP contribution is -2.49. The molecule has 1 saturated carbocycles. The molecule has 0 bridgehead atoms. The van der Waals surface area contributed by atoms with Crippen LogP contribution in [0.15, 0.2) is 0 Å². The summed E-state index contributed by atoms with van der Waals surface area (Å²) in [6.07, 6.45) is 4.98. The van der Waals surface area contributed by atoms with E-state index in [2.05, 4.69) is 17.6 Å². The van der Waals surface area contributed by atoms with Gasteiger partial charge in [-0.25, -0.2) is 9.59 Å². The Balaban J connectivity index is 2.32. The standard InChI is InChI=1S/C12H22N2O3/c1-3-9(10(15)16)14-11(17)13-8-12(4-2)6-5-7-12/h9H,3-8H2,1-2H3,(H,15,16)(H2,13,14,17)/t9-/m0/s1. The van der Waals surface area contributed by atoms with Gasteiger partial charge in [-0.1, -0.05) is 20.3 Å². The molecule has 1 rings (SSSR count). The molecule has 1 atom stereocenters. The Morgan fingerprint density at radius 1 is 1.35 bits per heavy atom. The first-order valence-electron chi connectivity index (χ1n) is 6.30. The second-order valence-corrected chi connectivity index (χ2v) is 4.83. The Bertz CT molecular complexity index is 282. The fraction of sp³-hybridized carbons (Fsp3) is 0.833. The highest BCUT2D eigenvalue weighted by molar-refractivity contribution is 5.82. The van der Waals surface area contributed by atoms with Gasteiger partial charge >= 0.3 is 12.0 Å². The van der Waals surface area contributed by atoms with Gasteiger partial charge in [0.25, 0.3) is 0 Å². The summed E-state index contributed by atoms with van der Waals surface area (Å²) in [5.41, 5.74) is 0.252. The van der Waals surface area contributed by atoms with Gasteiger partial charge in [0, 0.05) is 6.54 Å². The third kappa shape index (κ3) is 3.61. The zero-order chi connectivity index (χ0) is 12.9. The summed E-state index contributed by atoms with van der Waals surface area (Å²) in [5, 5.41) is 14.1. The van der Waals surface area contributed by atoms with Crippen LogP contribution in [-0.2, 0) is 4.79 Å². The highest BCUT2D eigenvalue weighted by atomic mass is 16.4. The van der Waals surface area contributed by atoms with Crippen molar-refractivity contribution in [3.05, 3.63) is 0 Å². The van der Waals surface area contributed by atoms with E-state index in [1.165, 1.54) is 6.42 Å². The van der Waals surface area contributed by atoms with Crippen LogP contribution in [0.25, 0.3) is 0 Å². The molecular formula is C12H22N2O3. The first kappa shape index (κ1) is 13.8. The minimum atomic E-state index is -0.989. The molecule has 0 unspecified atom stereocenters. The van der Waals surface area contributed by atoms with Crippen molar-refractivity contribution in [1.29, 1.82) is 0 Å². The zero-order valence-electron chi connectivity index (χ0n) is 10.6. The number of rotatable bonds is 6. The molecule has 5 nitrogen and oxygen atoms in total. The van der Waals surface area contributed by atoms with Gasteiger partial charge < -0.3 is 15.7 Å². The lowest BCUT2D eigenvalue weighted by molar-refractivity contribution is -0.139. The molecule has 0 spiro atoms. The Morgan fingerprint density at radius 2 is 2.00 bits per heavy atom. The smallest absolute Gasteiger partial charge is 0.326 e. The molecule has 0 aromatic rings. The number of urea groups is 1. The summed E-state index contributed by atoms with van der Waals surface area (Å²) >= 11 is 0. The average molecular weight is 242 g/mol. The molecular weight excluding hydrogens is 220 g/mol. The van der Waals surface area contributed by atoms with Crippen LogP contribution in [-0.4, -0.2) is 29.7 Å². The molecule has 1 aliphatic rings. The van der Waals surface area contributed by atoms with Gasteiger partial charge in [0.15, 0.2) is 0 Å². The van der Waals surface area contributed by atoms with E-state index >= 15 is 0 Å². The largest absolute Gasteiger partial charge is 0.480 e. The van der Waals surface area contributed by atoms with Crippen molar-refractivity contribution < 1.29 is 14.7 Å². The van der Waals surface area contributed by atoms with Crippen molar-refractivity contribution in [2.24, 2.45) is 5.41 Å². The lowest BCUT2D eigenvalue weighted by atomic mass is 9.67. The molecule has 1 aliphatic carbocycles. The fourth-order valence-corrected chi connectivity index (χ4v) is 2.15. The number of hydrogen-bond acceptors (Lipinski definition) is 2.